The number of Topliss-reactive ketones (excluding diaryl/α,β-unsaturated/α-hetero) is 2. The van der Waals surface area contributed by atoms with E-state index in [0.717, 1.165) is 25.0 Å². The van der Waals surface area contributed by atoms with Crippen molar-refractivity contribution in [1.82, 2.24) is 0 Å². The van der Waals surface area contributed by atoms with Gasteiger partial charge in [0, 0.05) is 11.8 Å². The van der Waals surface area contributed by atoms with Gasteiger partial charge in [-0.15, -0.1) is 0 Å². The smallest absolute Gasteiger partial charge is 0.205 e. The van der Waals surface area contributed by atoms with Crippen LogP contribution in [0.1, 0.15) is 37.3 Å². The van der Waals surface area contributed by atoms with Crippen LogP contribution in [0.5, 0.6) is 5.75 Å². The van der Waals surface area contributed by atoms with Crippen molar-refractivity contribution in [3.8, 4) is 5.75 Å². The largest absolute Gasteiger partial charge is 0.497 e. The molecular weight excluding hydrogens is 276 g/mol. The summed E-state index contributed by atoms with van der Waals surface area (Å²) in [5.74, 6) is 0.963. The van der Waals surface area contributed by atoms with Crippen molar-refractivity contribution in [3.05, 3.63) is 35.4 Å². The van der Waals surface area contributed by atoms with Crippen LogP contribution in [-0.2, 0) is 16.0 Å². The Balaban J connectivity index is 1.81. The summed E-state index contributed by atoms with van der Waals surface area (Å²) in [6.07, 6.45) is 5.43. The zero-order valence-corrected chi connectivity index (χ0v) is 13.0. The number of ether oxygens (including phenoxy) is 1. The number of hydrogen-bond acceptors (Lipinski definition) is 3. The van der Waals surface area contributed by atoms with Crippen LogP contribution >= 0.6 is 0 Å². The number of ketones is 2. The van der Waals surface area contributed by atoms with Gasteiger partial charge in [-0.05, 0) is 59.9 Å². The van der Waals surface area contributed by atoms with E-state index in [9.17, 15) is 9.59 Å². The summed E-state index contributed by atoms with van der Waals surface area (Å²) in [5, 5.41) is 0. The van der Waals surface area contributed by atoms with Crippen molar-refractivity contribution in [3.63, 3.8) is 0 Å². The first-order chi connectivity index (χ1) is 10.6. The normalized spacial score (nSPS) is 32.9. The highest BCUT2D eigenvalue weighted by Crippen LogP contribution is 2.57. The topological polar surface area (TPSA) is 43.4 Å². The van der Waals surface area contributed by atoms with Crippen molar-refractivity contribution in [1.29, 1.82) is 0 Å². The molecule has 0 aromatic heterocycles. The number of rotatable bonds is 1. The maximum atomic E-state index is 12.5. The van der Waals surface area contributed by atoms with E-state index in [-0.39, 0.29) is 23.4 Å². The fraction of sp³-hybridized carbons (Fsp3) is 0.474. The Kier molecular flexibility index (Phi) is 2.84. The molecule has 1 aromatic rings. The van der Waals surface area contributed by atoms with Gasteiger partial charge < -0.3 is 4.74 Å². The van der Waals surface area contributed by atoms with E-state index >= 15 is 0 Å². The van der Waals surface area contributed by atoms with Gasteiger partial charge in [-0.3, -0.25) is 9.59 Å². The first kappa shape index (κ1) is 13.7. The summed E-state index contributed by atoms with van der Waals surface area (Å²) in [7, 11) is 1.68. The number of carbonyl (C=O) groups excluding carboxylic acids is 2. The SMILES string of the molecule is COc1ccc2c(c1)CC[C@@H]1C2=CC[C@@H]2CC(=O)C(=O)[C@@]21C. The monoisotopic (exact) mass is 296 g/mol. The molecule has 3 aliphatic carbocycles. The molecule has 0 heterocycles. The Morgan fingerprint density at radius 3 is 2.86 bits per heavy atom. The summed E-state index contributed by atoms with van der Waals surface area (Å²) in [6.45, 7) is 2.02. The molecule has 0 amide bonds. The summed E-state index contributed by atoms with van der Waals surface area (Å²) in [6, 6.07) is 6.19. The van der Waals surface area contributed by atoms with Gasteiger partial charge in [0.1, 0.15) is 5.75 Å². The summed E-state index contributed by atoms with van der Waals surface area (Å²) >= 11 is 0. The molecule has 3 nitrogen and oxygen atoms in total. The van der Waals surface area contributed by atoms with Crippen LogP contribution in [0, 0.1) is 17.3 Å². The Hall–Kier alpha value is -1.90. The molecule has 0 radical (unpaired) electrons. The Bertz CT molecular complexity index is 715. The minimum atomic E-state index is -0.487. The Labute approximate surface area is 130 Å². The third kappa shape index (κ3) is 1.62. The van der Waals surface area contributed by atoms with Crippen LogP contribution in [0.4, 0.5) is 0 Å². The number of fused-ring (bicyclic) bond motifs is 5. The molecule has 22 heavy (non-hydrogen) atoms. The maximum absolute atomic E-state index is 12.5. The van der Waals surface area contributed by atoms with E-state index in [4.69, 9.17) is 4.74 Å². The van der Waals surface area contributed by atoms with Crippen LogP contribution in [0.3, 0.4) is 0 Å². The highest BCUT2D eigenvalue weighted by atomic mass is 16.5. The molecule has 3 heteroatoms. The average molecular weight is 296 g/mol. The lowest BCUT2D eigenvalue weighted by Crippen LogP contribution is -2.42. The minimum absolute atomic E-state index is 0.134. The highest BCUT2D eigenvalue weighted by molar-refractivity contribution is 6.41. The molecule has 0 aliphatic heterocycles. The lowest BCUT2D eigenvalue weighted by Gasteiger charge is -2.44. The molecule has 4 rings (SSSR count). The lowest BCUT2D eigenvalue weighted by atomic mass is 9.57. The number of methoxy groups -OCH3 is 1. The third-order valence-corrected chi connectivity index (χ3v) is 6.07. The van der Waals surface area contributed by atoms with Gasteiger partial charge in [0.2, 0.25) is 5.78 Å². The summed E-state index contributed by atoms with van der Waals surface area (Å²) < 4.78 is 5.32. The first-order valence-electron chi connectivity index (χ1n) is 8.00. The predicted octanol–water partition coefficient (Wildman–Crippen LogP) is 3.21. The molecular formula is C19H20O3. The van der Waals surface area contributed by atoms with Gasteiger partial charge in [0.15, 0.2) is 5.78 Å². The zero-order valence-electron chi connectivity index (χ0n) is 13.0. The maximum Gasteiger partial charge on any atom is 0.205 e. The number of benzene rings is 1. The van der Waals surface area contributed by atoms with Gasteiger partial charge in [0.25, 0.3) is 0 Å². The molecule has 1 fully saturated rings. The molecule has 114 valence electrons. The number of aryl methyl sites for hydroxylation is 1. The second-order valence-electron chi connectivity index (χ2n) is 6.95. The van der Waals surface area contributed by atoms with E-state index in [1.54, 1.807) is 7.11 Å². The van der Waals surface area contributed by atoms with Crippen LogP contribution in [0.2, 0.25) is 0 Å². The van der Waals surface area contributed by atoms with Crippen molar-refractivity contribution in [2.45, 2.75) is 32.6 Å². The third-order valence-electron chi connectivity index (χ3n) is 6.07. The summed E-state index contributed by atoms with van der Waals surface area (Å²) in [5.41, 5.74) is 3.31. The van der Waals surface area contributed by atoms with Crippen LogP contribution < -0.4 is 4.74 Å². The van der Waals surface area contributed by atoms with Crippen molar-refractivity contribution in [2.24, 2.45) is 17.3 Å². The van der Waals surface area contributed by atoms with E-state index in [0.29, 0.717) is 6.42 Å². The van der Waals surface area contributed by atoms with Gasteiger partial charge >= 0.3 is 0 Å². The molecule has 0 saturated heterocycles. The van der Waals surface area contributed by atoms with E-state index < -0.39 is 5.41 Å². The van der Waals surface area contributed by atoms with Crippen LogP contribution in [-0.4, -0.2) is 18.7 Å². The molecule has 3 atom stereocenters. The average Bonchev–Trinajstić information content (AvgIpc) is 2.77. The minimum Gasteiger partial charge on any atom is -0.497 e. The highest BCUT2D eigenvalue weighted by Gasteiger charge is 2.57. The molecule has 0 bridgehead atoms. The Morgan fingerprint density at radius 2 is 2.09 bits per heavy atom. The standard InChI is InChI=1S/C19H20O3/c1-19-12(10-17(20)18(19)21)4-6-15-14-7-5-13(22-2)9-11(14)3-8-16(15)19/h5-7,9,12,16H,3-4,8,10H2,1-2H3/t12-,16-,19+/m1/s1. The van der Waals surface area contributed by atoms with Gasteiger partial charge in [-0.2, -0.15) is 0 Å². The van der Waals surface area contributed by atoms with E-state index in [1.165, 1.54) is 16.7 Å². The van der Waals surface area contributed by atoms with Crippen LogP contribution in [0.25, 0.3) is 5.57 Å². The van der Waals surface area contributed by atoms with Crippen molar-refractivity contribution < 1.29 is 14.3 Å². The fourth-order valence-electron chi connectivity index (χ4n) is 4.76. The van der Waals surface area contributed by atoms with Gasteiger partial charge in [-0.25, -0.2) is 0 Å². The second kappa shape index (κ2) is 4.55. The fourth-order valence-corrected chi connectivity index (χ4v) is 4.76. The molecule has 1 saturated carbocycles. The molecule has 1 aromatic carbocycles. The molecule has 3 aliphatic rings. The molecule has 0 spiro atoms. The van der Waals surface area contributed by atoms with Crippen molar-refractivity contribution >= 4 is 17.1 Å². The number of carbonyl (C=O) groups is 2. The number of hydrogen-bond donors (Lipinski definition) is 0. The zero-order chi connectivity index (χ0) is 15.5. The van der Waals surface area contributed by atoms with Gasteiger partial charge in [0.05, 0.1) is 7.11 Å². The Morgan fingerprint density at radius 1 is 1.27 bits per heavy atom. The van der Waals surface area contributed by atoms with Gasteiger partial charge in [-0.1, -0.05) is 19.1 Å². The van der Waals surface area contributed by atoms with E-state index in [1.807, 2.05) is 13.0 Å². The quantitative estimate of drug-likeness (QED) is 0.747. The lowest BCUT2D eigenvalue weighted by molar-refractivity contribution is -0.139. The molecule has 0 N–H and O–H groups in total. The van der Waals surface area contributed by atoms with E-state index in [2.05, 4.69) is 18.2 Å². The summed E-state index contributed by atoms with van der Waals surface area (Å²) in [4.78, 5) is 24.5. The number of allylic oxidation sites excluding steroid dienone is 2. The van der Waals surface area contributed by atoms with Crippen molar-refractivity contribution in [2.75, 3.05) is 7.11 Å². The first-order valence-corrected chi connectivity index (χ1v) is 8.00. The second-order valence-corrected chi connectivity index (χ2v) is 6.95. The van der Waals surface area contributed by atoms with Crippen LogP contribution in [0.15, 0.2) is 24.3 Å². The predicted molar refractivity (Wildman–Crippen MR) is 83.6 cm³/mol. The molecule has 0 unspecified atom stereocenters.